The lowest BCUT2D eigenvalue weighted by atomic mass is 9.97. The predicted octanol–water partition coefficient (Wildman–Crippen LogP) is 1.24. The number of piperidine rings is 1. The fourth-order valence-corrected chi connectivity index (χ4v) is 2.40. The number of aryl methyl sites for hydroxylation is 1. The Morgan fingerprint density at radius 1 is 1.48 bits per heavy atom. The van der Waals surface area contributed by atoms with Gasteiger partial charge in [0, 0.05) is 19.2 Å². The summed E-state index contributed by atoms with van der Waals surface area (Å²) in [6.07, 6.45) is 1.46. The summed E-state index contributed by atoms with van der Waals surface area (Å²) in [4.78, 5) is 24.9. The number of rotatable bonds is 4. The fraction of sp³-hybridized carbons (Fsp3) is 0.467. The van der Waals surface area contributed by atoms with Crippen molar-refractivity contribution in [3.63, 3.8) is 0 Å². The molecule has 1 heterocycles. The van der Waals surface area contributed by atoms with E-state index in [2.05, 4.69) is 0 Å². The monoisotopic (exact) mass is 294 g/mol. The normalized spacial score (nSPS) is 18.4. The Hall–Kier alpha value is -2.11. The zero-order valence-corrected chi connectivity index (χ0v) is 12.0. The maximum Gasteiger partial charge on any atom is 0.260 e. The molecule has 0 aliphatic carbocycles. The van der Waals surface area contributed by atoms with Crippen LogP contribution in [0.15, 0.2) is 18.2 Å². The molecule has 2 N–H and O–H groups in total. The molecule has 1 aromatic carbocycles. The number of hydrogen-bond acceptors (Lipinski definition) is 3. The first-order valence-electron chi connectivity index (χ1n) is 6.93. The van der Waals surface area contributed by atoms with Crippen molar-refractivity contribution in [3.05, 3.63) is 29.6 Å². The number of hydrogen-bond donors (Lipinski definition) is 1. The molecule has 6 heteroatoms. The van der Waals surface area contributed by atoms with Crippen molar-refractivity contribution in [2.24, 2.45) is 11.7 Å². The Kier molecular flexibility index (Phi) is 4.77. The number of nitrogens with two attached hydrogens (primary N) is 1. The lowest BCUT2D eigenvalue weighted by Gasteiger charge is -2.31. The number of primary amides is 1. The Labute approximate surface area is 122 Å². The van der Waals surface area contributed by atoms with Crippen LogP contribution in [0.25, 0.3) is 0 Å². The molecule has 0 spiro atoms. The number of likely N-dealkylation sites (tertiary alicyclic amines) is 1. The minimum absolute atomic E-state index is 0.171. The summed E-state index contributed by atoms with van der Waals surface area (Å²) >= 11 is 0. The van der Waals surface area contributed by atoms with Gasteiger partial charge in [0.25, 0.3) is 5.91 Å². The minimum atomic E-state index is -0.408. The lowest BCUT2D eigenvalue weighted by molar-refractivity contribution is -0.136. The SMILES string of the molecule is Cc1ccc(F)cc1OCC(=O)N1CCC[C@@H](C(N)=O)C1. The first kappa shape index (κ1) is 15.3. The van der Waals surface area contributed by atoms with Crippen LogP contribution >= 0.6 is 0 Å². The van der Waals surface area contributed by atoms with E-state index in [0.29, 0.717) is 25.3 Å². The second-order valence-electron chi connectivity index (χ2n) is 5.28. The van der Waals surface area contributed by atoms with Gasteiger partial charge in [-0.15, -0.1) is 0 Å². The third kappa shape index (κ3) is 3.93. The van der Waals surface area contributed by atoms with Crippen LogP contribution < -0.4 is 10.5 Å². The number of carbonyl (C=O) groups excluding carboxylic acids is 2. The van der Waals surface area contributed by atoms with Gasteiger partial charge in [-0.1, -0.05) is 6.07 Å². The van der Waals surface area contributed by atoms with E-state index < -0.39 is 5.82 Å². The molecule has 1 atom stereocenters. The van der Waals surface area contributed by atoms with E-state index in [9.17, 15) is 14.0 Å². The maximum atomic E-state index is 13.1. The Morgan fingerprint density at radius 2 is 2.24 bits per heavy atom. The van der Waals surface area contributed by atoms with Gasteiger partial charge in [-0.05, 0) is 31.4 Å². The van der Waals surface area contributed by atoms with Crippen molar-refractivity contribution in [3.8, 4) is 5.75 Å². The van der Waals surface area contributed by atoms with Crippen LogP contribution in [-0.4, -0.2) is 36.4 Å². The van der Waals surface area contributed by atoms with Crippen LogP contribution in [-0.2, 0) is 9.59 Å². The van der Waals surface area contributed by atoms with E-state index in [4.69, 9.17) is 10.5 Å². The highest BCUT2D eigenvalue weighted by Gasteiger charge is 2.27. The van der Waals surface area contributed by atoms with Gasteiger partial charge in [0.05, 0.1) is 5.92 Å². The molecule has 1 aromatic rings. The average molecular weight is 294 g/mol. The largest absolute Gasteiger partial charge is 0.483 e. The molecular formula is C15H19FN2O3. The summed E-state index contributed by atoms with van der Waals surface area (Å²) in [5, 5.41) is 0. The van der Waals surface area contributed by atoms with Gasteiger partial charge < -0.3 is 15.4 Å². The Balaban J connectivity index is 1.92. The molecule has 2 amide bonds. The van der Waals surface area contributed by atoms with Crippen LogP contribution in [0.1, 0.15) is 18.4 Å². The van der Waals surface area contributed by atoms with Crippen molar-refractivity contribution in [1.29, 1.82) is 0 Å². The molecule has 114 valence electrons. The van der Waals surface area contributed by atoms with E-state index in [1.54, 1.807) is 17.9 Å². The Morgan fingerprint density at radius 3 is 2.95 bits per heavy atom. The number of benzene rings is 1. The third-order valence-corrected chi connectivity index (χ3v) is 3.68. The van der Waals surface area contributed by atoms with Crippen molar-refractivity contribution < 1.29 is 18.7 Å². The summed E-state index contributed by atoms with van der Waals surface area (Å²) < 4.78 is 18.5. The molecule has 21 heavy (non-hydrogen) atoms. The highest BCUT2D eigenvalue weighted by Crippen LogP contribution is 2.20. The quantitative estimate of drug-likeness (QED) is 0.908. The number of carbonyl (C=O) groups is 2. The third-order valence-electron chi connectivity index (χ3n) is 3.68. The average Bonchev–Trinajstić information content (AvgIpc) is 2.48. The van der Waals surface area contributed by atoms with Gasteiger partial charge >= 0.3 is 0 Å². The molecule has 2 rings (SSSR count). The summed E-state index contributed by atoms with van der Waals surface area (Å²) in [7, 11) is 0. The van der Waals surface area contributed by atoms with E-state index in [-0.39, 0.29) is 24.3 Å². The van der Waals surface area contributed by atoms with Crippen LogP contribution in [0.3, 0.4) is 0 Å². The number of ether oxygens (including phenoxy) is 1. The molecule has 0 saturated carbocycles. The second kappa shape index (κ2) is 6.56. The zero-order chi connectivity index (χ0) is 15.4. The number of amides is 2. The summed E-state index contributed by atoms with van der Waals surface area (Å²) in [6.45, 7) is 2.53. The lowest BCUT2D eigenvalue weighted by Crippen LogP contribution is -2.45. The fourth-order valence-electron chi connectivity index (χ4n) is 2.40. The van der Waals surface area contributed by atoms with Gasteiger partial charge in [-0.2, -0.15) is 0 Å². The number of halogens is 1. The van der Waals surface area contributed by atoms with Gasteiger partial charge in [-0.25, -0.2) is 4.39 Å². The van der Waals surface area contributed by atoms with E-state index in [1.165, 1.54) is 12.1 Å². The predicted molar refractivity (Wildman–Crippen MR) is 75.1 cm³/mol. The van der Waals surface area contributed by atoms with Crippen molar-refractivity contribution >= 4 is 11.8 Å². The van der Waals surface area contributed by atoms with Gasteiger partial charge in [0.15, 0.2) is 6.61 Å². The first-order valence-corrected chi connectivity index (χ1v) is 6.93. The smallest absolute Gasteiger partial charge is 0.260 e. The van der Waals surface area contributed by atoms with E-state index >= 15 is 0 Å². The van der Waals surface area contributed by atoms with Crippen molar-refractivity contribution in [2.75, 3.05) is 19.7 Å². The van der Waals surface area contributed by atoms with Crippen LogP contribution in [0.5, 0.6) is 5.75 Å². The van der Waals surface area contributed by atoms with Crippen molar-refractivity contribution in [2.45, 2.75) is 19.8 Å². The van der Waals surface area contributed by atoms with Crippen LogP contribution in [0.4, 0.5) is 4.39 Å². The summed E-state index contributed by atoms with van der Waals surface area (Å²) in [6, 6.07) is 4.19. The van der Waals surface area contributed by atoms with E-state index in [0.717, 1.165) is 12.0 Å². The Bertz CT molecular complexity index is 548. The summed E-state index contributed by atoms with van der Waals surface area (Å²) in [5.74, 6) is -0.945. The molecule has 1 aliphatic rings. The standard InChI is InChI=1S/C15H19FN2O3/c1-10-4-5-12(16)7-13(10)21-9-14(19)18-6-2-3-11(8-18)15(17)20/h4-5,7,11H,2-3,6,8-9H2,1H3,(H2,17,20)/t11-/m1/s1. The zero-order valence-electron chi connectivity index (χ0n) is 12.0. The van der Waals surface area contributed by atoms with Crippen LogP contribution in [0.2, 0.25) is 0 Å². The minimum Gasteiger partial charge on any atom is -0.483 e. The molecule has 0 aromatic heterocycles. The van der Waals surface area contributed by atoms with Gasteiger partial charge in [0.2, 0.25) is 5.91 Å². The van der Waals surface area contributed by atoms with Gasteiger partial charge in [-0.3, -0.25) is 9.59 Å². The molecule has 1 saturated heterocycles. The molecule has 0 radical (unpaired) electrons. The van der Waals surface area contributed by atoms with Crippen LogP contribution in [0, 0.1) is 18.7 Å². The van der Waals surface area contributed by atoms with E-state index in [1.807, 2.05) is 0 Å². The molecular weight excluding hydrogens is 275 g/mol. The molecule has 1 fully saturated rings. The summed E-state index contributed by atoms with van der Waals surface area (Å²) in [5.41, 5.74) is 6.04. The highest BCUT2D eigenvalue weighted by atomic mass is 19.1. The molecule has 1 aliphatic heterocycles. The molecule has 0 bridgehead atoms. The second-order valence-corrected chi connectivity index (χ2v) is 5.28. The topological polar surface area (TPSA) is 72.6 Å². The molecule has 5 nitrogen and oxygen atoms in total. The maximum absolute atomic E-state index is 13.1. The first-order chi connectivity index (χ1) is 9.97. The van der Waals surface area contributed by atoms with Crippen molar-refractivity contribution in [1.82, 2.24) is 4.90 Å². The number of nitrogens with zero attached hydrogens (tertiary/aromatic N) is 1. The highest BCUT2D eigenvalue weighted by molar-refractivity contribution is 5.81. The molecule has 0 unspecified atom stereocenters. The van der Waals surface area contributed by atoms with Gasteiger partial charge in [0.1, 0.15) is 11.6 Å².